The highest BCUT2D eigenvalue weighted by atomic mass is 19.1. The molecule has 0 amide bonds. The molecule has 0 fully saturated rings. The number of nitrogens with one attached hydrogen (secondary N) is 1. The Morgan fingerprint density at radius 3 is 2.24 bits per heavy atom. The lowest BCUT2D eigenvalue weighted by molar-refractivity contribution is 0.191. The molecule has 0 aliphatic heterocycles. The highest BCUT2D eigenvalue weighted by Crippen LogP contribution is 2.20. The van der Waals surface area contributed by atoms with Crippen molar-refractivity contribution in [1.82, 2.24) is 0 Å². The van der Waals surface area contributed by atoms with Crippen molar-refractivity contribution in [3.8, 4) is 0 Å². The molecular weight excluding hydrogens is 265 g/mol. The van der Waals surface area contributed by atoms with Crippen molar-refractivity contribution in [1.29, 1.82) is 0 Å². The summed E-state index contributed by atoms with van der Waals surface area (Å²) in [6, 6.07) is 12.9. The second-order valence-electron chi connectivity index (χ2n) is 5.68. The van der Waals surface area contributed by atoms with Crippen LogP contribution >= 0.6 is 0 Å². The van der Waals surface area contributed by atoms with E-state index in [1.54, 1.807) is 13.0 Å². The molecule has 0 aliphatic rings. The van der Waals surface area contributed by atoms with E-state index in [2.05, 4.69) is 19.2 Å². The molecule has 21 heavy (non-hydrogen) atoms. The lowest BCUT2D eigenvalue weighted by atomic mass is 10.00. The molecule has 2 aromatic rings. The molecular formula is C18H22FNO. The maximum atomic E-state index is 13.4. The number of aryl methyl sites for hydroxylation is 1. The molecule has 2 rings (SSSR count). The Kier molecular flexibility index (Phi) is 4.97. The number of benzene rings is 2. The van der Waals surface area contributed by atoms with Crippen molar-refractivity contribution in [2.45, 2.75) is 32.8 Å². The zero-order valence-corrected chi connectivity index (χ0v) is 12.7. The normalized spacial score (nSPS) is 12.5. The van der Waals surface area contributed by atoms with Crippen LogP contribution in [0, 0.1) is 12.7 Å². The maximum Gasteiger partial charge on any atom is 0.128 e. The minimum atomic E-state index is -0.615. The van der Waals surface area contributed by atoms with E-state index in [4.69, 9.17) is 0 Å². The number of rotatable bonds is 5. The Bertz CT molecular complexity index is 593. The van der Waals surface area contributed by atoms with Gasteiger partial charge in [0.1, 0.15) is 5.82 Å². The van der Waals surface area contributed by atoms with Gasteiger partial charge in [0.2, 0.25) is 0 Å². The lowest BCUT2D eigenvalue weighted by Gasteiger charge is -2.15. The summed E-state index contributed by atoms with van der Waals surface area (Å²) in [6.45, 7) is 6.35. The predicted molar refractivity (Wildman–Crippen MR) is 85.1 cm³/mol. The summed E-state index contributed by atoms with van der Waals surface area (Å²) in [6.07, 6.45) is -0.615. The molecule has 2 nitrogen and oxygen atoms in total. The average molecular weight is 287 g/mol. The minimum Gasteiger partial charge on any atom is -0.387 e. The second kappa shape index (κ2) is 6.72. The smallest absolute Gasteiger partial charge is 0.128 e. The van der Waals surface area contributed by atoms with E-state index in [0.717, 1.165) is 5.56 Å². The third-order valence-corrected chi connectivity index (χ3v) is 3.66. The van der Waals surface area contributed by atoms with Crippen LogP contribution in [0.5, 0.6) is 0 Å². The third-order valence-electron chi connectivity index (χ3n) is 3.66. The Balaban J connectivity index is 1.97. The van der Waals surface area contributed by atoms with Gasteiger partial charge in [-0.25, -0.2) is 4.39 Å². The van der Waals surface area contributed by atoms with Crippen LogP contribution in [0.1, 0.15) is 42.6 Å². The number of anilines is 1. The Morgan fingerprint density at radius 2 is 1.67 bits per heavy atom. The van der Waals surface area contributed by atoms with Crippen molar-refractivity contribution in [2.24, 2.45) is 0 Å². The Morgan fingerprint density at radius 1 is 1.05 bits per heavy atom. The first kappa shape index (κ1) is 15.5. The van der Waals surface area contributed by atoms with E-state index in [9.17, 15) is 9.50 Å². The Labute approximate surface area is 125 Å². The van der Waals surface area contributed by atoms with E-state index >= 15 is 0 Å². The van der Waals surface area contributed by atoms with Gasteiger partial charge in [0.05, 0.1) is 6.10 Å². The fraction of sp³-hybridized carbons (Fsp3) is 0.333. The molecule has 1 atom stereocenters. The van der Waals surface area contributed by atoms with Crippen LogP contribution in [0.15, 0.2) is 42.5 Å². The summed E-state index contributed by atoms with van der Waals surface area (Å²) >= 11 is 0. The van der Waals surface area contributed by atoms with Crippen molar-refractivity contribution >= 4 is 5.69 Å². The van der Waals surface area contributed by atoms with Gasteiger partial charge in [0.25, 0.3) is 0 Å². The summed E-state index contributed by atoms with van der Waals surface area (Å²) in [7, 11) is 0. The number of aliphatic hydroxyl groups excluding tert-OH is 1. The van der Waals surface area contributed by atoms with Crippen molar-refractivity contribution in [3.63, 3.8) is 0 Å². The van der Waals surface area contributed by atoms with Crippen LogP contribution in [0.3, 0.4) is 0 Å². The first-order valence-electron chi connectivity index (χ1n) is 7.25. The molecule has 0 heterocycles. The van der Waals surface area contributed by atoms with Gasteiger partial charge in [0.15, 0.2) is 0 Å². The fourth-order valence-corrected chi connectivity index (χ4v) is 2.14. The zero-order chi connectivity index (χ0) is 15.4. The number of halogens is 1. The van der Waals surface area contributed by atoms with E-state index in [0.29, 0.717) is 23.7 Å². The summed E-state index contributed by atoms with van der Waals surface area (Å²) in [5.74, 6) is 0.237. The summed E-state index contributed by atoms with van der Waals surface area (Å²) < 4.78 is 13.4. The van der Waals surface area contributed by atoms with Crippen LogP contribution in [-0.2, 0) is 0 Å². The first-order chi connectivity index (χ1) is 9.97. The zero-order valence-electron chi connectivity index (χ0n) is 12.7. The van der Waals surface area contributed by atoms with Crippen LogP contribution in [0.2, 0.25) is 0 Å². The highest BCUT2D eigenvalue weighted by molar-refractivity contribution is 5.45. The van der Waals surface area contributed by atoms with Gasteiger partial charge in [-0.05, 0) is 41.7 Å². The van der Waals surface area contributed by atoms with Gasteiger partial charge >= 0.3 is 0 Å². The van der Waals surface area contributed by atoms with E-state index in [1.807, 2.05) is 30.3 Å². The van der Waals surface area contributed by atoms with E-state index in [-0.39, 0.29) is 5.82 Å². The standard InChI is InChI=1S/C18H22FNO/c1-12(2)14-5-7-15(8-6-14)18(21)11-20-16-9-4-13(3)17(19)10-16/h4-10,12,18,20-21H,11H2,1-3H3. The molecule has 0 spiro atoms. The van der Waals surface area contributed by atoms with Gasteiger partial charge in [-0.2, -0.15) is 0 Å². The molecule has 0 bridgehead atoms. The van der Waals surface area contributed by atoms with Gasteiger partial charge in [-0.3, -0.25) is 0 Å². The summed E-state index contributed by atoms with van der Waals surface area (Å²) in [5, 5.41) is 13.2. The van der Waals surface area contributed by atoms with Gasteiger partial charge in [-0.1, -0.05) is 44.2 Å². The van der Waals surface area contributed by atoms with Crippen molar-refractivity contribution < 1.29 is 9.50 Å². The molecule has 0 aliphatic carbocycles. The number of aliphatic hydroxyl groups is 1. The highest BCUT2D eigenvalue weighted by Gasteiger charge is 2.08. The van der Waals surface area contributed by atoms with Gasteiger partial charge < -0.3 is 10.4 Å². The summed E-state index contributed by atoms with van der Waals surface area (Å²) in [5.41, 5.74) is 3.40. The predicted octanol–water partition coefficient (Wildman–Crippen LogP) is 4.40. The van der Waals surface area contributed by atoms with Crippen LogP contribution in [0.25, 0.3) is 0 Å². The molecule has 3 heteroatoms. The van der Waals surface area contributed by atoms with Gasteiger partial charge in [0, 0.05) is 12.2 Å². The third kappa shape index (κ3) is 4.05. The first-order valence-corrected chi connectivity index (χ1v) is 7.25. The molecule has 1 unspecified atom stereocenters. The van der Waals surface area contributed by atoms with Crippen LogP contribution in [0.4, 0.5) is 10.1 Å². The van der Waals surface area contributed by atoms with Crippen LogP contribution in [-0.4, -0.2) is 11.7 Å². The van der Waals surface area contributed by atoms with Crippen molar-refractivity contribution in [3.05, 3.63) is 65.0 Å². The quantitative estimate of drug-likeness (QED) is 0.854. The second-order valence-corrected chi connectivity index (χ2v) is 5.68. The fourth-order valence-electron chi connectivity index (χ4n) is 2.14. The van der Waals surface area contributed by atoms with Crippen LogP contribution < -0.4 is 5.32 Å². The molecule has 2 aromatic carbocycles. The van der Waals surface area contributed by atoms with E-state index < -0.39 is 6.10 Å². The van der Waals surface area contributed by atoms with E-state index in [1.165, 1.54) is 11.6 Å². The molecule has 2 N–H and O–H groups in total. The molecule has 112 valence electrons. The SMILES string of the molecule is Cc1ccc(NCC(O)c2ccc(C(C)C)cc2)cc1F. The monoisotopic (exact) mass is 287 g/mol. The number of hydrogen-bond acceptors (Lipinski definition) is 2. The van der Waals surface area contributed by atoms with Crippen molar-refractivity contribution in [2.75, 3.05) is 11.9 Å². The minimum absolute atomic E-state index is 0.240. The summed E-state index contributed by atoms with van der Waals surface area (Å²) in [4.78, 5) is 0. The molecule has 0 radical (unpaired) electrons. The van der Waals surface area contributed by atoms with Gasteiger partial charge in [-0.15, -0.1) is 0 Å². The number of hydrogen-bond donors (Lipinski definition) is 2. The lowest BCUT2D eigenvalue weighted by Crippen LogP contribution is -2.12. The largest absolute Gasteiger partial charge is 0.387 e. The molecule has 0 saturated carbocycles. The molecule has 0 saturated heterocycles. The maximum absolute atomic E-state index is 13.4. The Hall–Kier alpha value is -1.87. The topological polar surface area (TPSA) is 32.3 Å². The average Bonchev–Trinajstić information content (AvgIpc) is 2.48. The molecule has 0 aromatic heterocycles.